The highest BCUT2D eigenvalue weighted by atomic mass is 28.4. The van der Waals surface area contributed by atoms with Gasteiger partial charge in [0.1, 0.15) is 18.3 Å². The molecule has 27 heavy (non-hydrogen) atoms. The summed E-state index contributed by atoms with van der Waals surface area (Å²) < 4.78 is 12.0. The predicted octanol–water partition coefficient (Wildman–Crippen LogP) is 1.00. The molecule has 1 aliphatic rings. The summed E-state index contributed by atoms with van der Waals surface area (Å²) in [5.41, 5.74) is 0. The lowest BCUT2D eigenvalue weighted by Crippen LogP contribution is -2.67. The molecule has 4 atom stereocenters. The number of rotatable bonds is 5. The lowest BCUT2D eigenvalue weighted by Gasteiger charge is -2.43. The first-order valence-electron chi connectivity index (χ1n) is 9.22. The molecule has 0 radical (unpaired) electrons. The molecule has 0 amide bonds. The molecular weight excluding hydrogens is 360 g/mol. The summed E-state index contributed by atoms with van der Waals surface area (Å²) in [6.45, 7) is 6.57. The van der Waals surface area contributed by atoms with Crippen molar-refractivity contribution >= 4 is 18.7 Å². The normalized spacial score (nSPS) is 26.3. The minimum atomic E-state index is -2.74. The van der Waals surface area contributed by atoms with Crippen molar-refractivity contribution in [1.29, 1.82) is 0 Å². The van der Waals surface area contributed by atoms with Crippen molar-refractivity contribution in [1.82, 2.24) is 0 Å². The van der Waals surface area contributed by atoms with Crippen molar-refractivity contribution in [3.8, 4) is 0 Å². The van der Waals surface area contributed by atoms with Crippen molar-refractivity contribution in [2.75, 3.05) is 6.61 Å². The molecule has 6 heteroatoms. The summed E-state index contributed by atoms with van der Waals surface area (Å²) in [6.07, 6.45) is -4.68. The van der Waals surface area contributed by atoms with Crippen LogP contribution in [-0.4, -0.2) is 54.8 Å². The highest BCUT2D eigenvalue weighted by Gasteiger charge is 2.51. The van der Waals surface area contributed by atoms with Gasteiger partial charge in [-0.3, -0.25) is 0 Å². The molecule has 0 spiro atoms. The Hall–Kier alpha value is -1.54. The van der Waals surface area contributed by atoms with Gasteiger partial charge in [-0.1, -0.05) is 81.4 Å². The van der Waals surface area contributed by atoms with E-state index in [-0.39, 0.29) is 11.6 Å². The van der Waals surface area contributed by atoms with E-state index in [1.807, 2.05) is 36.4 Å². The van der Waals surface area contributed by atoms with E-state index in [1.54, 1.807) is 0 Å². The Labute approximate surface area is 161 Å². The molecule has 146 valence electrons. The SMILES string of the molecule is CC(C)(C)[Si](OC[C@H]1OC(O)[C@H](O)[C@@H]1O)(c1ccccc1)c1ccccc1. The molecule has 2 aromatic rings. The number of aliphatic hydroxyl groups is 3. The van der Waals surface area contributed by atoms with E-state index in [4.69, 9.17) is 9.16 Å². The van der Waals surface area contributed by atoms with Gasteiger partial charge in [-0.05, 0) is 15.4 Å². The predicted molar refractivity (Wildman–Crippen MR) is 106 cm³/mol. The summed E-state index contributed by atoms with van der Waals surface area (Å²) in [7, 11) is -2.74. The van der Waals surface area contributed by atoms with Gasteiger partial charge >= 0.3 is 0 Å². The van der Waals surface area contributed by atoms with E-state index < -0.39 is 32.9 Å². The number of hydrogen-bond donors (Lipinski definition) is 3. The summed E-state index contributed by atoms with van der Waals surface area (Å²) >= 11 is 0. The van der Waals surface area contributed by atoms with E-state index in [0.717, 1.165) is 10.4 Å². The number of ether oxygens (including phenoxy) is 1. The van der Waals surface area contributed by atoms with Gasteiger partial charge in [0.25, 0.3) is 8.32 Å². The molecule has 3 N–H and O–H groups in total. The molecule has 0 aromatic heterocycles. The first kappa shape index (κ1) is 20.2. The smallest absolute Gasteiger partial charge is 0.261 e. The Morgan fingerprint density at radius 2 is 1.33 bits per heavy atom. The first-order valence-corrected chi connectivity index (χ1v) is 11.1. The second kappa shape index (κ2) is 7.83. The molecule has 0 aliphatic carbocycles. The third-order valence-corrected chi connectivity index (χ3v) is 10.2. The van der Waals surface area contributed by atoms with Gasteiger partial charge in [0.2, 0.25) is 0 Å². The molecular formula is C21H28O5Si. The summed E-state index contributed by atoms with van der Waals surface area (Å²) in [6, 6.07) is 20.3. The minimum absolute atomic E-state index is 0.0859. The van der Waals surface area contributed by atoms with Gasteiger partial charge in [0.05, 0.1) is 6.61 Å². The van der Waals surface area contributed by atoms with E-state index in [1.165, 1.54) is 0 Å². The van der Waals surface area contributed by atoms with Gasteiger partial charge in [-0.2, -0.15) is 0 Å². The second-order valence-electron chi connectivity index (χ2n) is 8.02. The summed E-state index contributed by atoms with van der Waals surface area (Å²) in [5, 5.41) is 31.7. The zero-order valence-corrected chi connectivity index (χ0v) is 16.9. The van der Waals surface area contributed by atoms with Crippen molar-refractivity contribution in [3.63, 3.8) is 0 Å². The van der Waals surface area contributed by atoms with Crippen molar-refractivity contribution in [3.05, 3.63) is 60.7 Å². The topological polar surface area (TPSA) is 79.2 Å². The van der Waals surface area contributed by atoms with Crippen LogP contribution in [0.25, 0.3) is 0 Å². The summed E-state index contributed by atoms with van der Waals surface area (Å²) in [4.78, 5) is 0. The fourth-order valence-electron chi connectivity index (χ4n) is 3.84. The zero-order valence-electron chi connectivity index (χ0n) is 15.9. The Kier molecular flexibility index (Phi) is 5.86. The first-order chi connectivity index (χ1) is 12.8. The van der Waals surface area contributed by atoms with Crippen LogP contribution in [0.3, 0.4) is 0 Å². The van der Waals surface area contributed by atoms with Crippen molar-refractivity contribution in [2.45, 2.75) is 50.4 Å². The maximum Gasteiger partial charge on any atom is 0.261 e. The summed E-state index contributed by atoms with van der Waals surface area (Å²) in [5.74, 6) is 0. The third kappa shape index (κ3) is 3.74. The van der Waals surface area contributed by atoms with E-state index >= 15 is 0 Å². The largest absolute Gasteiger partial charge is 0.405 e. The van der Waals surface area contributed by atoms with Gasteiger partial charge in [0.15, 0.2) is 6.29 Å². The highest BCUT2D eigenvalue weighted by molar-refractivity contribution is 6.99. The van der Waals surface area contributed by atoms with Gasteiger partial charge in [0, 0.05) is 0 Å². The Bertz CT molecular complexity index is 692. The van der Waals surface area contributed by atoms with Gasteiger partial charge < -0.3 is 24.5 Å². The lowest BCUT2D eigenvalue weighted by molar-refractivity contribution is -0.132. The maximum atomic E-state index is 10.2. The van der Waals surface area contributed by atoms with Crippen LogP contribution in [0.4, 0.5) is 0 Å². The zero-order chi connectivity index (χ0) is 19.7. The van der Waals surface area contributed by atoms with Crippen LogP contribution in [-0.2, 0) is 9.16 Å². The molecule has 0 saturated carbocycles. The minimum Gasteiger partial charge on any atom is -0.405 e. The fraction of sp³-hybridized carbons (Fsp3) is 0.429. The second-order valence-corrected chi connectivity index (χ2v) is 12.3. The molecule has 1 aliphatic heterocycles. The lowest BCUT2D eigenvalue weighted by atomic mass is 10.1. The third-order valence-electron chi connectivity index (χ3n) is 5.22. The standard InChI is InChI=1S/C21H28O5Si/c1-21(2,3)27(15-10-6-4-7-11-15,16-12-8-5-9-13-16)25-14-17-18(22)19(23)20(24)26-17/h4-13,17-20,22-24H,14H2,1-3H3/t17-,18-,19-,20?/m1/s1. The monoisotopic (exact) mass is 388 g/mol. The molecule has 1 fully saturated rings. The fourth-order valence-corrected chi connectivity index (χ4v) is 8.41. The van der Waals surface area contributed by atoms with Crippen LogP contribution in [0.2, 0.25) is 5.04 Å². The molecule has 5 nitrogen and oxygen atoms in total. The Morgan fingerprint density at radius 1 is 0.852 bits per heavy atom. The van der Waals surface area contributed by atoms with Crippen molar-refractivity contribution in [2.24, 2.45) is 0 Å². The molecule has 2 aromatic carbocycles. The quantitative estimate of drug-likeness (QED) is 0.666. The Morgan fingerprint density at radius 3 is 1.70 bits per heavy atom. The number of hydrogen-bond acceptors (Lipinski definition) is 5. The van der Waals surface area contributed by atoms with E-state index in [0.29, 0.717) is 0 Å². The highest BCUT2D eigenvalue weighted by Crippen LogP contribution is 2.37. The van der Waals surface area contributed by atoms with Crippen LogP contribution in [0.5, 0.6) is 0 Å². The molecule has 3 rings (SSSR count). The maximum absolute atomic E-state index is 10.2. The van der Waals surface area contributed by atoms with E-state index in [9.17, 15) is 15.3 Å². The Balaban J connectivity index is 2.02. The molecule has 1 heterocycles. The van der Waals surface area contributed by atoms with Crippen LogP contribution in [0.15, 0.2) is 60.7 Å². The molecule has 1 saturated heterocycles. The average molecular weight is 389 g/mol. The number of benzene rings is 2. The van der Waals surface area contributed by atoms with Crippen LogP contribution in [0.1, 0.15) is 20.8 Å². The van der Waals surface area contributed by atoms with Gasteiger partial charge in [-0.25, -0.2) is 0 Å². The van der Waals surface area contributed by atoms with Crippen LogP contribution < -0.4 is 10.4 Å². The van der Waals surface area contributed by atoms with Gasteiger partial charge in [-0.15, -0.1) is 0 Å². The van der Waals surface area contributed by atoms with E-state index in [2.05, 4.69) is 45.0 Å². The van der Waals surface area contributed by atoms with Crippen molar-refractivity contribution < 1.29 is 24.5 Å². The average Bonchev–Trinajstić information content (AvgIpc) is 2.90. The van der Waals surface area contributed by atoms with Crippen LogP contribution in [0, 0.1) is 0 Å². The molecule has 1 unspecified atom stereocenters. The number of aliphatic hydroxyl groups excluding tert-OH is 3. The molecule has 0 bridgehead atoms. The van der Waals surface area contributed by atoms with Crippen LogP contribution >= 0.6 is 0 Å².